The number of rotatable bonds is 9. The molecule has 0 spiro atoms. The van der Waals surface area contributed by atoms with Crippen LogP contribution >= 0.6 is 0 Å². The average Bonchev–Trinajstić information content (AvgIpc) is 3.51. The molecule has 0 radical (unpaired) electrons. The number of nitrogens with two attached hydrogens (primary N) is 1. The van der Waals surface area contributed by atoms with Gasteiger partial charge < -0.3 is 30.6 Å². The van der Waals surface area contributed by atoms with E-state index < -0.39 is 0 Å². The van der Waals surface area contributed by atoms with Crippen molar-refractivity contribution < 1.29 is 19.4 Å². The second-order valence-electron chi connectivity index (χ2n) is 9.01. The van der Waals surface area contributed by atoms with E-state index in [1.54, 1.807) is 11.6 Å². The molecule has 36 heavy (non-hydrogen) atoms. The van der Waals surface area contributed by atoms with E-state index in [1.807, 2.05) is 24.3 Å². The molecule has 1 saturated carbocycles. The van der Waals surface area contributed by atoms with Crippen LogP contribution in [0.15, 0.2) is 30.6 Å². The van der Waals surface area contributed by atoms with Crippen molar-refractivity contribution in [1.29, 1.82) is 0 Å². The summed E-state index contributed by atoms with van der Waals surface area (Å²) in [6.07, 6.45) is 4.62. The fraction of sp³-hybridized carbons (Fsp3) is 0.440. The van der Waals surface area contributed by atoms with Crippen molar-refractivity contribution in [3.05, 3.63) is 36.4 Å². The molecule has 0 bridgehead atoms. The monoisotopic (exact) mass is 493 g/mol. The molecule has 3 heterocycles. The van der Waals surface area contributed by atoms with Gasteiger partial charge in [-0.1, -0.05) is 12.1 Å². The lowest BCUT2D eigenvalue weighted by molar-refractivity contribution is -0.126. The number of aromatic nitrogens is 5. The fourth-order valence-electron chi connectivity index (χ4n) is 5.03. The number of nitrogens with one attached hydrogen (secondary N) is 2. The van der Waals surface area contributed by atoms with E-state index in [0.717, 1.165) is 53.9 Å². The first-order chi connectivity index (χ1) is 17.6. The van der Waals surface area contributed by atoms with Gasteiger partial charge in [0.1, 0.15) is 29.1 Å². The Balaban J connectivity index is 1.37. The van der Waals surface area contributed by atoms with Crippen molar-refractivity contribution in [2.45, 2.75) is 31.6 Å². The summed E-state index contributed by atoms with van der Waals surface area (Å²) in [5.41, 5.74) is 9.37. The van der Waals surface area contributed by atoms with Crippen molar-refractivity contribution in [2.24, 2.45) is 5.92 Å². The molecule has 5 N–H and O–H groups in total. The van der Waals surface area contributed by atoms with Crippen LogP contribution in [0.25, 0.3) is 27.8 Å². The predicted octanol–water partition coefficient (Wildman–Crippen LogP) is 2.26. The lowest BCUT2D eigenvalue weighted by atomic mass is 9.81. The first kappa shape index (κ1) is 24.0. The number of fused-ring (bicyclic) bond motifs is 2. The molecule has 1 aliphatic carbocycles. The summed E-state index contributed by atoms with van der Waals surface area (Å²) in [5, 5.41) is 17.2. The van der Waals surface area contributed by atoms with Crippen LogP contribution in [0, 0.1) is 5.92 Å². The highest BCUT2D eigenvalue weighted by molar-refractivity contribution is 5.93. The minimum Gasteiger partial charge on any atom is -0.495 e. The Morgan fingerprint density at radius 1 is 1.28 bits per heavy atom. The lowest BCUT2D eigenvalue weighted by Crippen LogP contribution is -2.35. The van der Waals surface area contributed by atoms with Crippen LogP contribution in [0.1, 0.15) is 37.4 Å². The molecule has 5 rings (SSSR count). The van der Waals surface area contributed by atoms with Gasteiger partial charge in [-0.3, -0.25) is 4.79 Å². The van der Waals surface area contributed by atoms with Gasteiger partial charge in [-0.25, -0.2) is 14.5 Å². The van der Waals surface area contributed by atoms with E-state index in [-0.39, 0.29) is 31.0 Å². The van der Waals surface area contributed by atoms with E-state index in [1.165, 1.54) is 6.33 Å². The number of hydrogen-bond donors (Lipinski definition) is 4. The van der Waals surface area contributed by atoms with E-state index in [9.17, 15) is 4.79 Å². The number of nitrogens with zero attached hydrogens (tertiary/aromatic N) is 4. The van der Waals surface area contributed by atoms with Gasteiger partial charge in [0.25, 0.3) is 0 Å². The van der Waals surface area contributed by atoms with E-state index in [0.29, 0.717) is 30.2 Å². The van der Waals surface area contributed by atoms with Gasteiger partial charge in [0, 0.05) is 23.8 Å². The fourth-order valence-corrected chi connectivity index (χ4v) is 5.03. The van der Waals surface area contributed by atoms with E-state index in [4.69, 9.17) is 25.3 Å². The normalized spacial score (nSPS) is 18.1. The number of carbonyl (C=O) groups is 1. The molecular weight excluding hydrogens is 462 g/mol. The summed E-state index contributed by atoms with van der Waals surface area (Å²) in [6.45, 7) is 1.10. The van der Waals surface area contributed by atoms with Gasteiger partial charge in [0.05, 0.1) is 38.1 Å². The van der Waals surface area contributed by atoms with Gasteiger partial charge in [0.2, 0.25) is 5.91 Å². The third-order valence-electron chi connectivity index (χ3n) is 6.82. The Morgan fingerprint density at radius 2 is 2.11 bits per heavy atom. The number of H-pyrrole nitrogens is 1. The highest BCUT2D eigenvalue weighted by Crippen LogP contribution is 2.39. The van der Waals surface area contributed by atoms with Crippen LogP contribution in [0.2, 0.25) is 0 Å². The molecule has 190 valence electrons. The van der Waals surface area contributed by atoms with Crippen molar-refractivity contribution in [3.63, 3.8) is 0 Å². The van der Waals surface area contributed by atoms with Gasteiger partial charge >= 0.3 is 0 Å². The highest BCUT2D eigenvalue weighted by atomic mass is 16.5. The van der Waals surface area contributed by atoms with Crippen molar-refractivity contribution in [2.75, 3.05) is 39.2 Å². The maximum Gasteiger partial charge on any atom is 0.223 e. The summed E-state index contributed by atoms with van der Waals surface area (Å²) >= 11 is 0. The summed E-state index contributed by atoms with van der Waals surface area (Å²) in [4.78, 5) is 25.2. The van der Waals surface area contributed by atoms with Crippen LogP contribution in [0.5, 0.6) is 5.75 Å². The molecule has 1 aromatic carbocycles. The molecule has 0 aliphatic heterocycles. The van der Waals surface area contributed by atoms with Crippen molar-refractivity contribution in [1.82, 2.24) is 29.9 Å². The predicted molar refractivity (Wildman–Crippen MR) is 135 cm³/mol. The number of aliphatic hydroxyl groups is 1. The summed E-state index contributed by atoms with van der Waals surface area (Å²) in [5.74, 6) is 2.11. The molecule has 1 aliphatic rings. The number of aliphatic hydroxyl groups excluding tert-OH is 1. The zero-order valence-electron chi connectivity index (χ0n) is 20.2. The second kappa shape index (κ2) is 10.5. The number of anilines is 1. The SMILES string of the molecule is COc1cccc2cc(-c3nc(C4CCC(C(=O)NCCOCCO)CC4)n4ncnc(N)c34)[nH]c12. The van der Waals surface area contributed by atoms with Crippen LogP contribution in [-0.4, -0.2) is 69.1 Å². The topological polar surface area (TPSA) is 153 Å². The first-order valence-corrected chi connectivity index (χ1v) is 12.2. The number of nitrogen functional groups attached to an aromatic ring is 1. The smallest absolute Gasteiger partial charge is 0.223 e. The van der Waals surface area contributed by atoms with Gasteiger partial charge in [-0.05, 0) is 37.8 Å². The zero-order valence-corrected chi connectivity index (χ0v) is 20.2. The molecular formula is C25H31N7O4. The standard InChI is InChI=1S/C25H31N7O4/c1-35-19-4-2-3-17-13-18(30-20(17)19)21-22-23(26)28-14-29-32(22)24(31-21)15-5-7-16(8-6-15)25(34)27-9-11-36-12-10-33/h2-4,13-16,30,33H,5-12H2,1H3,(H,27,34)(H2,26,28,29). The van der Waals surface area contributed by atoms with E-state index in [2.05, 4.69) is 20.4 Å². The second-order valence-corrected chi connectivity index (χ2v) is 9.01. The lowest BCUT2D eigenvalue weighted by Gasteiger charge is -2.26. The molecule has 11 heteroatoms. The molecule has 0 atom stereocenters. The van der Waals surface area contributed by atoms with Gasteiger partial charge in [-0.2, -0.15) is 5.10 Å². The zero-order chi connectivity index (χ0) is 25.1. The Kier molecular flexibility index (Phi) is 7.01. The Bertz CT molecular complexity index is 1360. The Morgan fingerprint density at radius 3 is 2.89 bits per heavy atom. The molecule has 1 amide bonds. The highest BCUT2D eigenvalue weighted by Gasteiger charge is 2.31. The molecule has 4 aromatic rings. The van der Waals surface area contributed by atoms with Crippen molar-refractivity contribution >= 4 is 28.1 Å². The minimum absolute atomic E-state index is 0.0207. The molecule has 0 saturated heterocycles. The minimum atomic E-state index is -0.0364. The number of ether oxygens (including phenoxy) is 2. The maximum absolute atomic E-state index is 12.6. The number of imidazole rings is 1. The largest absolute Gasteiger partial charge is 0.495 e. The average molecular weight is 494 g/mol. The third kappa shape index (κ3) is 4.59. The number of benzene rings is 1. The number of hydrogen-bond acceptors (Lipinski definition) is 8. The van der Waals surface area contributed by atoms with E-state index >= 15 is 0 Å². The first-order valence-electron chi connectivity index (χ1n) is 12.2. The number of para-hydroxylation sites is 1. The Hall–Kier alpha value is -3.70. The van der Waals surface area contributed by atoms with Crippen LogP contribution in [-0.2, 0) is 9.53 Å². The number of amides is 1. The quantitative estimate of drug-likeness (QED) is 0.259. The summed E-state index contributed by atoms with van der Waals surface area (Å²) in [7, 11) is 1.65. The third-order valence-corrected chi connectivity index (χ3v) is 6.82. The number of aromatic amines is 1. The van der Waals surface area contributed by atoms with Crippen LogP contribution in [0.4, 0.5) is 5.82 Å². The maximum atomic E-state index is 12.6. The van der Waals surface area contributed by atoms with Crippen LogP contribution < -0.4 is 15.8 Å². The van der Waals surface area contributed by atoms with Gasteiger partial charge in [0.15, 0.2) is 5.82 Å². The summed E-state index contributed by atoms with van der Waals surface area (Å²) < 4.78 is 12.5. The van der Waals surface area contributed by atoms with Crippen molar-refractivity contribution in [3.8, 4) is 17.1 Å². The molecule has 11 nitrogen and oxygen atoms in total. The number of carbonyl (C=O) groups excluding carboxylic acids is 1. The molecule has 0 unspecified atom stereocenters. The number of methoxy groups -OCH3 is 1. The summed E-state index contributed by atoms with van der Waals surface area (Å²) in [6, 6.07) is 7.90. The Labute approximate surface area is 208 Å². The molecule has 1 fully saturated rings. The van der Waals surface area contributed by atoms with Crippen LogP contribution in [0.3, 0.4) is 0 Å². The molecule has 3 aromatic heterocycles. The van der Waals surface area contributed by atoms with Gasteiger partial charge in [-0.15, -0.1) is 0 Å².